The van der Waals surface area contributed by atoms with Gasteiger partial charge in [-0.15, -0.1) is 5.10 Å². The molecule has 2 atom stereocenters. The first-order valence-corrected chi connectivity index (χ1v) is 11.6. The predicted molar refractivity (Wildman–Crippen MR) is 128 cm³/mol. The maximum Gasteiger partial charge on any atom is 0.453 e. The lowest BCUT2D eigenvalue weighted by Gasteiger charge is -2.35. The van der Waals surface area contributed by atoms with Crippen molar-refractivity contribution in [3.05, 3.63) is 70.2 Å². The summed E-state index contributed by atoms with van der Waals surface area (Å²) in [6.45, 7) is 1.91. The number of fused-ring (bicyclic) bond motifs is 1. The van der Waals surface area contributed by atoms with Crippen molar-refractivity contribution in [2.75, 3.05) is 26.6 Å². The van der Waals surface area contributed by atoms with Gasteiger partial charge in [-0.25, -0.2) is 4.68 Å². The zero-order chi connectivity index (χ0) is 26.5. The van der Waals surface area contributed by atoms with Gasteiger partial charge in [0.15, 0.2) is 17.3 Å². The van der Waals surface area contributed by atoms with E-state index >= 15 is 0 Å². The van der Waals surface area contributed by atoms with Crippen molar-refractivity contribution in [1.82, 2.24) is 14.8 Å². The topological polar surface area (TPSA) is 87.5 Å². The maximum atomic E-state index is 13.6. The molecule has 2 heterocycles. The summed E-state index contributed by atoms with van der Waals surface area (Å²) in [5.41, 5.74) is 3.33. The van der Waals surface area contributed by atoms with E-state index in [4.69, 9.17) is 14.2 Å². The second kappa shape index (κ2) is 9.13. The summed E-state index contributed by atoms with van der Waals surface area (Å²) in [5, 5.41) is 6.73. The molecule has 3 aromatic rings. The summed E-state index contributed by atoms with van der Waals surface area (Å²) in [4.78, 5) is 17.4. The third kappa shape index (κ3) is 4.28. The number of carbonyl (C=O) groups excluding carboxylic acids is 1. The van der Waals surface area contributed by atoms with Crippen LogP contribution in [0.15, 0.2) is 47.7 Å². The van der Waals surface area contributed by atoms with E-state index < -0.39 is 18.0 Å². The first-order chi connectivity index (χ1) is 17.6. The van der Waals surface area contributed by atoms with Gasteiger partial charge in [0, 0.05) is 17.7 Å². The second-order valence-electron chi connectivity index (χ2n) is 9.02. The number of hydrogen-bond donors (Lipinski definition) is 1. The van der Waals surface area contributed by atoms with E-state index in [2.05, 4.69) is 15.4 Å². The van der Waals surface area contributed by atoms with Crippen LogP contribution in [0.5, 0.6) is 17.2 Å². The first kappa shape index (κ1) is 24.7. The van der Waals surface area contributed by atoms with Gasteiger partial charge in [-0.2, -0.15) is 18.2 Å². The van der Waals surface area contributed by atoms with Crippen LogP contribution in [0.1, 0.15) is 47.3 Å². The quantitative estimate of drug-likeness (QED) is 0.510. The monoisotopic (exact) mass is 514 g/mol. The van der Waals surface area contributed by atoms with Crippen LogP contribution in [-0.4, -0.2) is 41.9 Å². The zero-order valence-corrected chi connectivity index (χ0v) is 20.6. The average Bonchev–Trinajstić information content (AvgIpc) is 3.31. The highest BCUT2D eigenvalue weighted by atomic mass is 19.4. The van der Waals surface area contributed by atoms with E-state index in [0.717, 1.165) is 15.8 Å². The Labute approximate surface area is 211 Å². The van der Waals surface area contributed by atoms with Crippen LogP contribution in [0.2, 0.25) is 0 Å². The minimum absolute atomic E-state index is 0.0602. The van der Waals surface area contributed by atoms with Gasteiger partial charge in [0.05, 0.1) is 21.3 Å². The molecule has 8 nitrogen and oxygen atoms in total. The molecule has 37 heavy (non-hydrogen) atoms. The molecular weight excluding hydrogens is 489 g/mol. The highest BCUT2D eigenvalue weighted by Gasteiger charge is 2.43. The highest BCUT2D eigenvalue weighted by molar-refractivity contribution is 6.00. The summed E-state index contributed by atoms with van der Waals surface area (Å²) < 4.78 is 58.0. The van der Waals surface area contributed by atoms with Crippen LogP contribution in [0.3, 0.4) is 0 Å². The summed E-state index contributed by atoms with van der Waals surface area (Å²) in [7, 11) is 4.52. The number of allylic oxidation sites excluding steroid dienone is 2. The number of ether oxygens (including phenoxy) is 3. The lowest BCUT2D eigenvalue weighted by atomic mass is 9.77. The van der Waals surface area contributed by atoms with Crippen molar-refractivity contribution in [1.29, 1.82) is 0 Å². The van der Waals surface area contributed by atoms with Crippen LogP contribution in [0, 0.1) is 6.92 Å². The molecule has 0 spiro atoms. The van der Waals surface area contributed by atoms with Gasteiger partial charge in [0.1, 0.15) is 6.04 Å². The number of nitrogens with zero attached hydrogens (tertiary/aromatic N) is 3. The number of carbonyl (C=O) groups is 1. The van der Waals surface area contributed by atoms with Crippen molar-refractivity contribution in [3.63, 3.8) is 0 Å². The fourth-order valence-electron chi connectivity index (χ4n) is 4.96. The Bertz CT molecular complexity index is 1370. The Balaban J connectivity index is 1.60. The van der Waals surface area contributed by atoms with Crippen LogP contribution in [0.4, 0.5) is 19.1 Å². The van der Waals surface area contributed by atoms with Crippen LogP contribution in [0.25, 0.3) is 0 Å². The SMILES string of the molecule is COc1cc([C@@H]2CC(=O)C3=C(C2)Nc2nc(C(F)(F)F)nn2[C@H]3c2ccc(C)cc2)cc(OC)c1OC. The zero-order valence-electron chi connectivity index (χ0n) is 20.6. The van der Waals surface area contributed by atoms with Crippen molar-refractivity contribution < 1.29 is 32.2 Å². The number of aromatic nitrogens is 3. The lowest BCUT2D eigenvalue weighted by molar-refractivity contribution is -0.145. The van der Waals surface area contributed by atoms with E-state index in [9.17, 15) is 18.0 Å². The standard InChI is InChI=1S/C26H25F3N4O4/c1-13-5-7-14(8-6-13)22-21-17(30-25-31-24(26(27,28)29)32-33(22)25)9-15(10-18(21)34)16-11-19(35-2)23(37-4)20(12-16)36-3/h5-8,11-12,15,22H,9-10H2,1-4H3,(H,30,31,32)/t15-,22-/m0/s1. The Hall–Kier alpha value is -4.02. The number of aryl methyl sites for hydroxylation is 1. The average molecular weight is 515 g/mol. The Kier molecular flexibility index (Phi) is 6.09. The number of rotatable bonds is 5. The minimum Gasteiger partial charge on any atom is -0.493 e. The van der Waals surface area contributed by atoms with Gasteiger partial charge in [-0.05, 0) is 42.5 Å². The van der Waals surface area contributed by atoms with Gasteiger partial charge in [-0.3, -0.25) is 4.79 Å². The summed E-state index contributed by atoms with van der Waals surface area (Å²) in [5.74, 6) is -0.453. The smallest absolute Gasteiger partial charge is 0.453 e. The molecule has 1 aliphatic heterocycles. The molecular formula is C26H25F3N4O4. The number of benzene rings is 2. The van der Waals surface area contributed by atoms with Crippen molar-refractivity contribution in [2.24, 2.45) is 0 Å². The molecule has 0 saturated heterocycles. The van der Waals surface area contributed by atoms with Crippen LogP contribution < -0.4 is 19.5 Å². The molecule has 0 radical (unpaired) electrons. The molecule has 194 valence electrons. The van der Waals surface area contributed by atoms with Gasteiger partial charge in [-0.1, -0.05) is 29.8 Å². The number of methoxy groups -OCH3 is 3. The first-order valence-electron chi connectivity index (χ1n) is 11.6. The summed E-state index contributed by atoms with van der Waals surface area (Å²) in [6.07, 6.45) is -4.21. The number of hydrogen-bond acceptors (Lipinski definition) is 7. The number of Topliss-reactive ketones (excluding diaryl/α,β-unsaturated/α-hetero) is 1. The van der Waals surface area contributed by atoms with Crippen molar-refractivity contribution >= 4 is 11.7 Å². The van der Waals surface area contributed by atoms with E-state index in [-0.39, 0.29) is 24.1 Å². The Morgan fingerprint density at radius 3 is 2.19 bits per heavy atom. The molecule has 0 saturated carbocycles. The molecule has 1 aromatic heterocycles. The molecule has 0 bridgehead atoms. The van der Waals surface area contributed by atoms with Crippen molar-refractivity contribution in [2.45, 2.75) is 37.9 Å². The van der Waals surface area contributed by atoms with Gasteiger partial charge in [0.2, 0.25) is 11.7 Å². The number of halogens is 3. The van der Waals surface area contributed by atoms with E-state index in [1.807, 2.05) is 19.1 Å². The van der Waals surface area contributed by atoms with Crippen molar-refractivity contribution in [3.8, 4) is 17.2 Å². The number of ketones is 1. The maximum absolute atomic E-state index is 13.6. The molecule has 1 aliphatic carbocycles. The number of alkyl halides is 3. The van der Waals surface area contributed by atoms with Gasteiger partial charge < -0.3 is 19.5 Å². The van der Waals surface area contributed by atoms with E-state index in [1.54, 1.807) is 24.3 Å². The highest BCUT2D eigenvalue weighted by Crippen LogP contribution is 2.47. The molecule has 5 rings (SSSR count). The molecule has 0 amide bonds. The normalized spacial score (nSPS) is 19.2. The summed E-state index contributed by atoms with van der Waals surface area (Å²) >= 11 is 0. The Morgan fingerprint density at radius 1 is 0.973 bits per heavy atom. The van der Waals surface area contributed by atoms with Gasteiger partial charge in [0.25, 0.3) is 5.82 Å². The third-order valence-electron chi connectivity index (χ3n) is 6.72. The molecule has 11 heteroatoms. The van der Waals surface area contributed by atoms with Crippen LogP contribution >= 0.6 is 0 Å². The van der Waals surface area contributed by atoms with Gasteiger partial charge >= 0.3 is 6.18 Å². The van der Waals surface area contributed by atoms with E-state index in [1.165, 1.54) is 21.3 Å². The third-order valence-corrected chi connectivity index (χ3v) is 6.72. The second-order valence-corrected chi connectivity index (χ2v) is 9.02. The predicted octanol–water partition coefficient (Wildman–Crippen LogP) is 5.05. The molecule has 0 unspecified atom stereocenters. The number of nitrogens with one attached hydrogen (secondary N) is 1. The number of anilines is 1. The Morgan fingerprint density at radius 2 is 1.62 bits per heavy atom. The summed E-state index contributed by atoms with van der Waals surface area (Å²) in [6, 6.07) is 10.0. The largest absolute Gasteiger partial charge is 0.493 e. The van der Waals surface area contributed by atoms with E-state index in [0.29, 0.717) is 40.5 Å². The minimum atomic E-state index is -4.73. The fraction of sp³-hybridized carbons (Fsp3) is 0.346. The molecule has 2 aliphatic rings. The molecule has 1 N–H and O–H groups in total. The molecule has 0 fully saturated rings. The fourth-order valence-corrected chi connectivity index (χ4v) is 4.96. The van der Waals surface area contributed by atoms with Crippen LogP contribution in [-0.2, 0) is 11.0 Å². The molecule has 2 aromatic carbocycles. The lowest BCUT2D eigenvalue weighted by Crippen LogP contribution is -2.33.